The molecule has 8 nitrogen and oxygen atoms in total. The first-order valence-corrected chi connectivity index (χ1v) is 10.8. The van der Waals surface area contributed by atoms with Crippen molar-refractivity contribution in [2.75, 3.05) is 36.5 Å². The van der Waals surface area contributed by atoms with E-state index in [0.29, 0.717) is 40.7 Å². The topological polar surface area (TPSA) is 101 Å². The molecule has 1 aromatic carbocycles. The van der Waals surface area contributed by atoms with E-state index in [1.807, 2.05) is 6.07 Å². The molecule has 0 spiro atoms. The summed E-state index contributed by atoms with van der Waals surface area (Å²) in [6, 6.07) is 7.27. The first-order chi connectivity index (χ1) is 14.1. The molecule has 1 aliphatic rings. The molecule has 0 saturated carbocycles. The third kappa shape index (κ3) is 3.60. The maximum Gasteiger partial charge on any atom is 0.265 e. The van der Waals surface area contributed by atoms with Gasteiger partial charge in [-0.2, -0.15) is 0 Å². The lowest BCUT2D eigenvalue weighted by Gasteiger charge is -2.31. The number of nitrogens with zero attached hydrogens (tertiary/aromatic N) is 3. The lowest BCUT2D eigenvalue weighted by molar-refractivity contribution is 0.00357. The van der Waals surface area contributed by atoms with Crippen LogP contribution >= 0.6 is 22.7 Å². The van der Waals surface area contributed by atoms with Crippen LogP contribution in [0, 0.1) is 6.92 Å². The number of benzene rings is 1. The van der Waals surface area contributed by atoms with Crippen molar-refractivity contribution >= 4 is 60.0 Å². The predicted octanol–water partition coefficient (Wildman–Crippen LogP) is 3.26. The van der Waals surface area contributed by atoms with Gasteiger partial charge in [0.15, 0.2) is 16.6 Å². The SMILES string of the molecule is Cc1nc2cc(NC(=O)c3cc4sc(N5CCOC(CO)C5)nc4s3)ccc2o1. The van der Waals surface area contributed by atoms with E-state index >= 15 is 0 Å². The number of hydrogen-bond donors (Lipinski definition) is 2. The average molecular weight is 431 g/mol. The number of carbonyl (C=O) groups is 1. The van der Waals surface area contributed by atoms with E-state index in [0.717, 1.165) is 21.2 Å². The highest BCUT2D eigenvalue weighted by Gasteiger charge is 2.23. The minimum absolute atomic E-state index is 0.000258. The zero-order valence-electron chi connectivity index (χ0n) is 15.5. The predicted molar refractivity (Wildman–Crippen MR) is 113 cm³/mol. The Morgan fingerprint density at radius 1 is 1.34 bits per heavy atom. The summed E-state index contributed by atoms with van der Waals surface area (Å²) in [7, 11) is 0. The number of aliphatic hydroxyl groups is 1. The smallest absolute Gasteiger partial charge is 0.265 e. The maximum absolute atomic E-state index is 12.7. The van der Waals surface area contributed by atoms with Crippen LogP contribution in [0.4, 0.5) is 10.8 Å². The third-order valence-corrected chi connectivity index (χ3v) is 6.89. The summed E-state index contributed by atoms with van der Waals surface area (Å²) in [6.07, 6.45) is -0.183. The summed E-state index contributed by atoms with van der Waals surface area (Å²) in [5, 5.41) is 13.1. The molecule has 150 valence electrons. The molecular weight excluding hydrogens is 412 g/mol. The van der Waals surface area contributed by atoms with E-state index < -0.39 is 0 Å². The van der Waals surface area contributed by atoms with Crippen LogP contribution in [0.3, 0.4) is 0 Å². The van der Waals surface area contributed by atoms with E-state index in [1.165, 1.54) is 11.3 Å². The van der Waals surface area contributed by atoms with Gasteiger partial charge in [0.1, 0.15) is 10.3 Å². The number of nitrogens with one attached hydrogen (secondary N) is 1. The number of hydrogen-bond acceptors (Lipinski definition) is 9. The van der Waals surface area contributed by atoms with E-state index in [-0.39, 0.29) is 18.6 Å². The molecule has 1 unspecified atom stereocenters. The molecular formula is C19H18N4O4S2. The summed E-state index contributed by atoms with van der Waals surface area (Å²) in [5.74, 6) is 0.419. The lowest BCUT2D eigenvalue weighted by atomic mass is 10.3. The largest absolute Gasteiger partial charge is 0.441 e. The number of thiazole rings is 1. The highest BCUT2D eigenvalue weighted by molar-refractivity contribution is 7.29. The fourth-order valence-electron chi connectivity index (χ4n) is 3.29. The van der Waals surface area contributed by atoms with Gasteiger partial charge in [0.05, 0.1) is 28.9 Å². The fraction of sp³-hybridized carbons (Fsp3) is 0.316. The Balaban J connectivity index is 1.33. The van der Waals surface area contributed by atoms with Gasteiger partial charge in [-0.1, -0.05) is 11.3 Å². The van der Waals surface area contributed by atoms with Crippen LogP contribution in [0.2, 0.25) is 0 Å². The second-order valence-electron chi connectivity index (χ2n) is 6.77. The van der Waals surface area contributed by atoms with Crippen molar-refractivity contribution < 1.29 is 19.1 Å². The number of ether oxygens (including phenoxy) is 1. The van der Waals surface area contributed by atoms with Crippen molar-refractivity contribution in [3.8, 4) is 0 Å². The summed E-state index contributed by atoms with van der Waals surface area (Å²) in [5.41, 5.74) is 2.08. The summed E-state index contributed by atoms with van der Waals surface area (Å²) >= 11 is 2.92. The van der Waals surface area contributed by atoms with Crippen LogP contribution in [-0.2, 0) is 4.74 Å². The first-order valence-electron chi connectivity index (χ1n) is 9.15. The van der Waals surface area contributed by atoms with Crippen molar-refractivity contribution in [2.24, 2.45) is 0 Å². The minimum atomic E-state index is -0.183. The number of aliphatic hydroxyl groups excluding tert-OH is 1. The van der Waals surface area contributed by atoms with Gasteiger partial charge in [-0.25, -0.2) is 9.97 Å². The van der Waals surface area contributed by atoms with Gasteiger partial charge in [-0.3, -0.25) is 4.79 Å². The number of thiophene rings is 1. The van der Waals surface area contributed by atoms with E-state index in [4.69, 9.17) is 9.15 Å². The third-order valence-electron chi connectivity index (χ3n) is 4.67. The average Bonchev–Trinajstić information content (AvgIpc) is 3.39. The van der Waals surface area contributed by atoms with Crippen LogP contribution < -0.4 is 10.2 Å². The van der Waals surface area contributed by atoms with Crippen LogP contribution in [0.5, 0.6) is 0 Å². The van der Waals surface area contributed by atoms with Gasteiger partial charge in [-0.15, -0.1) is 11.3 Å². The van der Waals surface area contributed by atoms with Crippen LogP contribution in [0.15, 0.2) is 28.7 Å². The first kappa shape index (κ1) is 18.5. The minimum Gasteiger partial charge on any atom is -0.441 e. The molecule has 0 aliphatic carbocycles. The Morgan fingerprint density at radius 2 is 2.24 bits per heavy atom. The van der Waals surface area contributed by atoms with Crippen molar-refractivity contribution in [3.05, 3.63) is 35.0 Å². The molecule has 0 bridgehead atoms. The van der Waals surface area contributed by atoms with Crippen LogP contribution in [0.1, 0.15) is 15.6 Å². The normalized spacial score (nSPS) is 17.3. The molecule has 1 saturated heterocycles. The number of aromatic nitrogens is 2. The van der Waals surface area contributed by atoms with Gasteiger partial charge in [0, 0.05) is 25.7 Å². The summed E-state index contributed by atoms with van der Waals surface area (Å²) < 4.78 is 11.9. The number of rotatable bonds is 4. The maximum atomic E-state index is 12.7. The van der Waals surface area contributed by atoms with Gasteiger partial charge in [-0.05, 0) is 24.3 Å². The van der Waals surface area contributed by atoms with Crippen molar-refractivity contribution in [2.45, 2.75) is 13.0 Å². The number of oxazole rings is 1. The Hall–Kier alpha value is -2.53. The van der Waals surface area contributed by atoms with Gasteiger partial charge in [0.25, 0.3) is 5.91 Å². The van der Waals surface area contributed by atoms with E-state index in [2.05, 4.69) is 20.2 Å². The molecule has 2 N–H and O–H groups in total. The van der Waals surface area contributed by atoms with Crippen LogP contribution in [0.25, 0.3) is 20.6 Å². The molecule has 4 aromatic rings. The molecule has 1 aliphatic heterocycles. The molecule has 1 atom stereocenters. The Morgan fingerprint density at radius 3 is 3.07 bits per heavy atom. The molecule has 10 heteroatoms. The van der Waals surface area contributed by atoms with Crippen molar-refractivity contribution in [3.63, 3.8) is 0 Å². The zero-order chi connectivity index (χ0) is 20.0. The van der Waals surface area contributed by atoms with E-state index in [1.54, 1.807) is 36.5 Å². The standard InChI is InChI=1S/C19H18N4O4S2/c1-10-20-13-6-11(2-3-14(13)27-10)21-17(25)15-7-16-18(28-15)22-19(29-16)23-4-5-26-12(8-23)9-24/h2-3,6-7,12,24H,4-5,8-9H2,1H3,(H,21,25). The van der Waals surface area contributed by atoms with Gasteiger partial charge in [0.2, 0.25) is 0 Å². The number of fused-ring (bicyclic) bond motifs is 2. The molecule has 3 aromatic heterocycles. The monoisotopic (exact) mass is 430 g/mol. The number of anilines is 2. The second-order valence-corrected chi connectivity index (χ2v) is 8.81. The van der Waals surface area contributed by atoms with Gasteiger partial charge >= 0.3 is 0 Å². The zero-order valence-corrected chi connectivity index (χ0v) is 17.2. The molecule has 4 heterocycles. The quantitative estimate of drug-likeness (QED) is 0.512. The molecule has 0 radical (unpaired) electrons. The molecule has 29 heavy (non-hydrogen) atoms. The molecule has 1 amide bonds. The van der Waals surface area contributed by atoms with E-state index in [9.17, 15) is 9.90 Å². The Labute approximate surface area is 173 Å². The highest BCUT2D eigenvalue weighted by atomic mass is 32.1. The van der Waals surface area contributed by atoms with Gasteiger partial charge < -0.3 is 24.5 Å². The number of aryl methyl sites for hydroxylation is 1. The number of morpholine rings is 1. The molecule has 1 fully saturated rings. The lowest BCUT2D eigenvalue weighted by Crippen LogP contribution is -2.44. The van der Waals surface area contributed by atoms with Crippen molar-refractivity contribution in [1.82, 2.24) is 9.97 Å². The Kier molecular flexibility index (Phi) is 4.70. The fourth-order valence-corrected chi connectivity index (χ4v) is 5.43. The molecule has 5 rings (SSSR count). The second kappa shape index (κ2) is 7.38. The number of carbonyl (C=O) groups excluding carboxylic acids is 1. The highest BCUT2D eigenvalue weighted by Crippen LogP contribution is 2.35. The van der Waals surface area contributed by atoms with Crippen molar-refractivity contribution in [1.29, 1.82) is 0 Å². The number of amides is 1. The summed E-state index contributed by atoms with van der Waals surface area (Å²) in [6.45, 7) is 3.73. The van der Waals surface area contributed by atoms with Crippen LogP contribution in [-0.4, -0.2) is 53.4 Å². The summed E-state index contributed by atoms with van der Waals surface area (Å²) in [4.78, 5) is 25.2. The Bertz CT molecular complexity index is 1170.